The average Bonchev–Trinajstić information content (AvgIpc) is 2.90. The second-order valence-electron chi connectivity index (χ2n) is 9.70. The number of carbonyl (C=O) groups is 2. The Hall–Kier alpha value is -0.860. The Bertz CT molecular complexity index is 555. The Morgan fingerprint density at radius 2 is 1.88 bits per heavy atom. The van der Waals surface area contributed by atoms with E-state index in [1.165, 1.54) is 39.0 Å². The minimum absolute atomic E-state index is 0.0404. The van der Waals surface area contributed by atoms with Gasteiger partial charge in [0.15, 0.2) is 0 Å². The summed E-state index contributed by atoms with van der Waals surface area (Å²) in [5.41, 5.74) is 0.639. The average molecular weight is 332 g/mol. The molecule has 0 saturated heterocycles. The van der Waals surface area contributed by atoms with Crippen LogP contribution in [0.25, 0.3) is 0 Å². The van der Waals surface area contributed by atoms with E-state index in [0.717, 1.165) is 31.6 Å². The summed E-state index contributed by atoms with van der Waals surface area (Å²) in [7, 11) is 0. The molecule has 134 valence electrons. The summed E-state index contributed by atoms with van der Waals surface area (Å²) in [6.07, 6.45) is 10.2. The number of hydrogen-bond acceptors (Lipinski definition) is 3. The molecular weight excluding hydrogens is 300 g/mol. The van der Waals surface area contributed by atoms with Crippen molar-refractivity contribution >= 4 is 11.8 Å². The van der Waals surface area contributed by atoms with Gasteiger partial charge in [0.25, 0.3) is 0 Å². The van der Waals surface area contributed by atoms with E-state index >= 15 is 0 Å². The number of ketones is 1. The van der Waals surface area contributed by atoms with E-state index in [4.69, 9.17) is 4.74 Å². The molecule has 7 atom stereocenters. The zero-order chi connectivity index (χ0) is 17.1. The van der Waals surface area contributed by atoms with Crippen LogP contribution < -0.4 is 0 Å². The van der Waals surface area contributed by atoms with Crippen molar-refractivity contribution in [1.29, 1.82) is 0 Å². The maximum atomic E-state index is 13.1. The number of carbonyl (C=O) groups excluding carboxylic acids is 2. The van der Waals surface area contributed by atoms with Crippen molar-refractivity contribution in [3.05, 3.63) is 0 Å². The summed E-state index contributed by atoms with van der Waals surface area (Å²) in [6.45, 7) is 6.35. The van der Waals surface area contributed by atoms with Crippen LogP contribution in [0.2, 0.25) is 0 Å². The molecule has 24 heavy (non-hydrogen) atoms. The first-order valence-corrected chi connectivity index (χ1v) is 10.0. The molecule has 0 N–H and O–H groups in total. The molecule has 0 heterocycles. The molecule has 0 amide bonds. The minimum atomic E-state index is -0.205. The van der Waals surface area contributed by atoms with Crippen LogP contribution in [-0.4, -0.2) is 17.9 Å². The summed E-state index contributed by atoms with van der Waals surface area (Å²) >= 11 is 0. The highest BCUT2D eigenvalue weighted by molar-refractivity contribution is 5.83. The normalized spacial score (nSPS) is 50.6. The Balaban J connectivity index is 1.59. The van der Waals surface area contributed by atoms with E-state index < -0.39 is 0 Å². The zero-order valence-electron chi connectivity index (χ0n) is 15.5. The van der Waals surface area contributed by atoms with Crippen LogP contribution in [0, 0.1) is 34.5 Å². The Labute approximate surface area is 145 Å². The van der Waals surface area contributed by atoms with Gasteiger partial charge in [-0.1, -0.05) is 20.3 Å². The molecule has 0 aromatic heterocycles. The predicted octanol–water partition coefficient (Wildman–Crippen LogP) is 4.53. The molecular formula is C21H32O3. The van der Waals surface area contributed by atoms with E-state index in [1.807, 2.05) is 0 Å². The molecule has 4 aliphatic carbocycles. The molecule has 0 spiro atoms. The third-order valence-corrected chi connectivity index (χ3v) is 8.52. The number of rotatable bonds is 1. The lowest BCUT2D eigenvalue weighted by atomic mass is 9.45. The van der Waals surface area contributed by atoms with Crippen LogP contribution >= 0.6 is 0 Å². The van der Waals surface area contributed by atoms with Crippen molar-refractivity contribution in [2.24, 2.45) is 34.5 Å². The largest absolute Gasteiger partial charge is 0.463 e. The molecule has 4 rings (SSSR count). The van der Waals surface area contributed by atoms with Crippen molar-refractivity contribution in [2.75, 3.05) is 0 Å². The highest BCUT2D eigenvalue weighted by atomic mass is 16.5. The highest BCUT2D eigenvalue weighted by Crippen LogP contribution is 2.65. The van der Waals surface area contributed by atoms with Gasteiger partial charge >= 0.3 is 5.97 Å². The lowest BCUT2D eigenvalue weighted by Crippen LogP contribution is -2.56. The van der Waals surface area contributed by atoms with Gasteiger partial charge in [-0.15, -0.1) is 0 Å². The van der Waals surface area contributed by atoms with Gasteiger partial charge in [0.1, 0.15) is 11.9 Å². The Morgan fingerprint density at radius 1 is 1.08 bits per heavy atom. The van der Waals surface area contributed by atoms with Crippen LogP contribution in [0.4, 0.5) is 0 Å². The van der Waals surface area contributed by atoms with E-state index in [0.29, 0.717) is 23.0 Å². The number of esters is 1. The maximum Gasteiger partial charge on any atom is 0.302 e. The van der Waals surface area contributed by atoms with Crippen molar-refractivity contribution in [3.8, 4) is 0 Å². The lowest BCUT2D eigenvalue weighted by Gasteiger charge is -2.59. The topological polar surface area (TPSA) is 43.4 Å². The van der Waals surface area contributed by atoms with Gasteiger partial charge in [0.2, 0.25) is 0 Å². The summed E-state index contributed by atoms with van der Waals surface area (Å²) in [4.78, 5) is 24.4. The molecule has 0 unspecified atom stereocenters. The fraction of sp³-hybridized carbons (Fsp3) is 0.905. The van der Waals surface area contributed by atoms with E-state index in [1.54, 1.807) is 0 Å². The first kappa shape index (κ1) is 16.6. The van der Waals surface area contributed by atoms with Crippen LogP contribution in [0.5, 0.6) is 0 Å². The first-order chi connectivity index (χ1) is 11.3. The van der Waals surface area contributed by atoms with Crippen LogP contribution in [0.15, 0.2) is 0 Å². The van der Waals surface area contributed by atoms with E-state index in [2.05, 4.69) is 13.8 Å². The number of hydrogen-bond donors (Lipinski definition) is 0. The lowest BCUT2D eigenvalue weighted by molar-refractivity contribution is -0.167. The van der Waals surface area contributed by atoms with Gasteiger partial charge in [-0.2, -0.15) is 0 Å². The second kappa shape index (κ2) is 5.57. The van der Waals surface area contributed by atoms with Gasteiger partial charge in [0.05, 0.1) is 0 Å². The number of fused-ring (bicyclic) bond motifs is 5. The third-order valence-electron chi connectivity index (χ3n) is 8.52. The monoisotopic (exact) mass is 332 g/mol. The van der Waals surface area contributed by atoms with Gasteiger partial charge in [-0.3, -0.25) is 9.59 Å². The third kappa shape index (κ3) is 2.37. The zero-order valence-corrected chi connectivity index (χ0v) is 15.5. The van der Waals surface area contributed by atoms with Gasteiger partial charge in [-0.05, 0) is 73.5 Å². The van der Waals surface area contributed by atoms with E-state index in [9.17, 15) is 9.59 Å². The number of Topliss-reactive ketones (excluding diaryl/α,β-unsaturated/α-hetero) is 1. The van der Waals surface area contributed by atoms with Crippen LogP contribution in [0.3, 0.4) is 0 Å². The van der Waals surface area contributed by atoms with Gasteiger partial charge in [-0.25, -0.2) is 0 Å². The van der Waals surface area contributed by atoms with Crippen molar-refractivity contribution in [1.82, 2.24) is 0 Å². The molecule has 0 aromatic carbocycles. The SMILES string of the molecule is CC(=O)O[C@H]1CC[C@@]2(C)[C@H](C1)C(=O)C[C@H]1[C@@H]3CCC[C@@]3(C)CC[C@@H]12. The molecule has 3 heteroatoms. The van der Waals surface area contributed by atoms with Crippen LogP contribution in [0.1, 0.15) is 78.6 Å². The highest BCUT2D eigenvalue weighted by Gasteiger charge is 2.60. The smallest absolute Gasteiger partial charge is 0.302 e. The maximum absolute atomic E-state index is 13.1. The minimum Gasteiger partial charge on any atom is -0.463 e. The Morgan fingerprint density at radius 3 is 2.62 bits per heavy atom. The molecule has 3 nitrogen and oxygen atoms in total. The van der Waals surface area contributed by atoms with Gasteiger partial charge in [0, 0.05) is 19.3 Å². The fourth-order valence-electron chi connectivity index (χ4n) is 7.34. The second-order valence-corrected chi connectivity index (χ2v) is 9.70. The van der Waals surface area contributed by atoms with Crippen molar-refractivity contribution < 1.29 is 14.3 Å². The standard InChI is InChI=1S/C21H32O3/c1-13(22)24-14-6-10-21(3)17-7-9-20(2)8-4-5-16(20)15(17)12-19(23)18(21)11-14/h14-18H,4-12H2,1-3H3/t14-,15-,16-,17-,18+,20-,21+/m0/s1. The fourth-order valence-corrected chi connectivity index (χ4v) is 7.34. The quantitative estimate of drug-likeness (QED) is 0.663. The molecule has 4 fully saturated rings. The number of ether oxygens (including phenoxy) is 1. The molecule has 0 bridgehead atoms. The summed E-state index contributed by atoms with van der Waals surface area (Å²) in [5.74, 6) is 2.46. The predicted molar refractivity (Wildman–Crippen MR) is 92.3 cm³/mol. The van der Waals surface area contributed by atoms with Gasteiger partial charge < -0.3 is 4.74 Å². The Kier molecular flexibility index (Phi) is 3.85. The van der Waals surface area contributed by atoms with Crippen molar-refractivity contribution in [3.63, 3.8) is 0 Å². The summed E-state index contributed by atoms with van der Waals surface area (Å²) in [6, 6.07) is 0. The molecule has 0 aromatic rings. The first-order valence-electron chi connectivity index (χ1n) is 10.0. The molecule has 4 saturated carbocycles. The van der Waals surface area contributed by atoms with Crippen LogP contribution in [-0.2, 0) is 14.3 Å². The molecule has 0 aliphatic heterocycles. The molecule has 4 aliphatic rings. The summed E-state index contributed by atoms with van der Waals surface area (Å²) in [5, 5.41) is 0. The summed E-state index contributed by atoms with van der Waals surface area (Å²) < 4.78 is 5.46. The van der Waals surface area contributed by atoms with Crippen molar-refractivity contribution in [2.45, 2.75) is 84.7 Å². The molecule has 0 radical (unpaired) electrons. The van der Waals surface area contributed by atoms with E-state index in [-0.39, 0.29) is 23.4 Å².